The quantitative estimate of drug-likeness (QED) is 0.454. The molecule has 1 aliphatic heterocycles. The minimum atomic E-state index is -1.89. The molecule has 1 fully saturated rings. The summed E-state index contributed by atoms with van der Waals surface area (Å²) >= 11 is 1.53. The number of nitrogens with zero attached hydrogens (tertiary/aromatic N) is 5. The van der Waals surface area contributed by atoms with Crippen molar-refractivity contribution in [3.8, 4) is 0 Å². The summed E-state index contributed by atoms with van der Waals surface area (Å²) in [4.78, 5) is 13.8. The number of likely N-dealkylation sites (tertiary alicyclic amines) is 1. The van der Waals surface area contributed by atoms with Gasteiger partial charge in [0.1, 0.15) is 11.9 Å². The van der Waals surface area contributed by atoms with Gasteiger partial charge < -0.3 is 10.0 Å². The first-order chi connectivity index (χ1) is 14.5. The summed E-state index contributed by atoms with van der Waals surface area (Å²) in [6.07, 6.45) is -0.202. The monoisotopic (exact) mass is 437 g/mol. The van der Waals surface area contributed by atoms with E-state index in [0.29, 0.717) is 19.4 Å². The highest BCUT2D eigenvalue weighted by Gasteiger charge is 2.32. The highest BCUT2D eigenvalue weighted by molar-refractivity contribution is 7.99. The van der Waals surface area contributed by atoms with Crippen LogP contribution in [0, 0.1) is 0 Å². The lowest BCUT2D eigenvalue weighted by molar-refractivity contribution is -0.128. The minimum absolute atomic E-state index is 0.0523. The van der Waals surface area contributed by atoms with Gasteiger partial charge in [0.2, 0.25) is 11.1 Å². The van der Waals surface area contributed by atoms with Crippen LogP contribution in [0.4, 0.5) is 8.78 Å². The molecule has 0 spiro atoms. The lowest BCUT2D eigenvalue weighted by Gasteiger charge is -2.23. The molecule has 0 saturated carbocycles. The van der Waals surface area contributed by atoms with Crippen LogP contribution in [0.3, 0.4) is 0 Å². The first-order valence-corrected chi connectivity index (χ1v) is 10.8. The molecule has 1 saturated heterocycles. The van der Waals surface area contributed by atoms with Crippen LogP contribution in [-0.4, -0.2) is 60.6 Å². The standard InChI is InChI=1S/C20H25F2N5O2S/c1-26-20(23-24-25-26)30-12-6-5-11-27-15(9-10-17(27)28)13-16(21)19(29)18(22)14-7-3-2-4-8-14/h2-4,7-8,13,15,18-19,29H,5-6,9-12H2,1H3/t15-,18?,19?/m1/s1. The predicted molar refractivity (Wildman–Crippen MR) is 109 cm³/mol. The number of halogens is 2. The van der Waals surface area contributed by atoms with Crippen LogP contribution in [0.2, 0.25) is 0 Å². The summed E-state index contributed by atoms with van der Waals surface area (Å²) in [7, 11) is 1.77. The highest BCUT2D eigenvalue weighted by Crippen LogP contribution is 2.29. The number of carbonyl (C=O) groups excluding carboxylic acids is 1. The minimum Gasteiger partial charge on any atom is -0.383 e. The van der Waals surface area contributed by atoms with Crippen LogP contribution in [0.1, 0.15) is 37.4 Å². The van der Waals surface area contributed by atoms with Crippen molar-refractivity contribution < 1.29 is 18.7 Å². The van der Waals surface area contributed by atoms with E-state index >= 15 is 0 Å². The number of aliphatic hydroxyl groups excluding tert-OH is 1. The predicted octanol–water partition coefficient (Wildman–Crippen LogP) is 3.00. The smallest absolute Gasteiger partial charge is 0.223 e. The molecule has 0 bridgehead atoms. The van der Waals surface area contributed by atoms with Crippen molar-refractivity contribution in [1.82, 2.24) is 25.1 Å². The van der Waals surface area contributed by atoms with E-state index in [4.69, 9.17) is 0 Å². The second kappa shape index (κ2) is 10.6. The van der Waals surface area contributed by atoms with E-state index in [-0.39, 0.29) is 11.5 Å². The number of thioether (sulfide) groups is 1. The maximum Gasteiger partial charge on any atom is 0.223 e. The number of rotatable bonds is 10. The van der Waals surface area contributed by atoms with Crippen molar-refractivity contribution in [2.45, 2.75) is 49.2 Å². The first kappa shape index (κ1) is 22.4. The van der Waals surface area contributed by atoms with Crippen LogP contribution >= 0.6 is 11.8 Å². The van der Waals surface area contributed by atoms with Gasteiger partial charge in [0.25, 0.3) is 0 Å². The number of hydrogen-bond acceptors (Lipinski definition) is 6. The second-order valence-electron chi connectivity index (χ2n) is 7.14. The summed E-state index contributed by atoms with van der Waals surface area (Å²) in [5, 5.41) is 22.0. The van der Waals surface area contributed by atoms with Crippen molar-refractivity contribution in [2.75, 3.05) is 12.3 Å². The Morgan fingerprint density at radius 3 is 2.83 bits per heavy atom. The molecule has 3 rings (SSSR count). The molecule has 1 aliphatic rings. The highest BCUT2D eigenvalue weighted by atomic mass is 32.2. The van der Waals surface area contributed by atoms with E-state index in [0.717, 1.165) is 23.8 Å². The number of carbonyl (C=O) groups is 1. The Labute approximate surface area is 178 Å². The number of tetrazole rings is 1. The van der Waals surface area contributed by atoms with E-state index in [1.54, 1.807) is 34.8 Å². The number of amides is 1. The third-order valence-electron chi connectivity index (χ3n) is 5.01. The number of unbranched alkanes of at least 4 members (excludes halogenated alkanes) is 1. The lowest BCUT2D eigenvalue weighted by atomic mass is 10.0. The number of aryl methyl sites for hydroxylation is 1. The molecular weight excluding hydrogens is 412 g/mol. The van der Waals surface area contributed by atoms with Gasteiger partial charge in [-0.05, 0) is 41.3 Å². The Morgan fingerprint density at radius 1 is 1.37 bits per heavy atom. The van der Waals surface area contributed by atoms with Gasteiger partial charge in [-0.2, -0.15) is 0 Å². The zero-order chi connectivity index (χ0) is 21.5. The summed E-state index contributed by atoms with van der Waals surface area (Å²) in [5.41, 5.74) is 0.212. The number of aliphatic hydroxyl groups is 1. The Bertz CT molecular complexity index is 864. The molecule has 1 amide bonds. The topological polar surface area (TPSA) is 84.1 Å². The van der Waals surface area contributed by atoms with E-state index in [1.807, 2.05) is 0 Å². The maximum absolute atomic E-state index is 14.5. The van der Waals surface area contributed by atoms with Crippen molar-refractivity contribution in [3.05, 3.63) is 47.8 Å². The summed E-state index contributed by atoms with van der Waals surface area (Å²) < 4.78 is 30.6. The Morgan fingerprint density at radius 2 is 2.13 bits per heavy atom. The zero-order valence-corrected chi connectivity index (χ0v) is 17.5. The van der Waals surface area contributed by atoms with Crippen molar-refractivity contribution in [3.63, 3.8) is 0 Å². The third kappa shape index (κ3) is 5.63. The van der Waals surface area contributed by atoms with Gasteiger partial charge in [0.15, 0.2) is 6.17 Å². The summed E-state index contributed by atoms with van der Waals surface area (Å²) in [5.74, 6) is -0.199. The van der Waals surface area contributed by atoms with Crippen molar-refractivity contribution in [2.24, 2.45) is 7.05 Å². The molecule has 3 atom stereocenters. The molecule has 30 heavy (non-hydrogen) atoms. The third-order valence-corrected chi connectivity index (χ3v) is 6.11. The van der Waals surface area contributed by atoms with E-state index in [1.165, 1.54) is 30.0 Å². The number of benzene rings is 1. The zero-order valence-electron chi connectivity index (χ0n) is 16.7. The average Bonchev–Trinajstić information content (AvgIpc) is 3.32. The van der Waals surface area contributed by atoms with Gasteiger partial charge >= 0.3 is 0 Å². The first-order valence-electron chi connectivity index (χ1n) is 9.86. The summed E-state index contributed by atoms with van der Waals surface area (Å²) in [6, 6.07) is 7.52. The van der Waals surface area contributed by atoms with Crippen LogP contribution in [0.25, 0.3) is 0 Å². The Kier molecular flexibility index (Phi) is 7.92. The molecule has 2 aromatic rings. The lowest BCUT2D eigenvalue weighted by Crippen LogP contribution is -2.33. The van der Waals surface area contributed by atoms with Gasteiger partial charge in [-0.25, -0.2) is 13.5 Å². The fraction of sp³-hybridized carbons (Fsp3) is 0.500. The molecule has 10 heteroatoms. The van der Waals surface area contributed by atoms with Crippen LogP contribution in [0.15, 0.2) is 47.4 Å². The fourth-order valence-electron chi connectivity index (χ4n) is 3.35. The molecule has 7 nitrogen and oxygen atoms in total. The van der Waals surface area contributed by atoms with Crippen molar-refractivity contribution >= 4 is 17.7 Å². The molecule has 162 valence electrons. The largest absolute Gasteiger partial charge is 0.383 e. The van der Waals surface area contributed by atoms with Crippen molar-refractivity contribution in [1.29, 1.82) is 0 Å². The van der Waals surface area contributed by atoms with Crippen LogP contribution in [0.5, 0.6) is 0 Å². The van der Waals surface area contributed by atoms with Gasteiger partial charge in [0.05, 0.1) is 6.04 Å². The molecular formula is C20H25F2N5O2S. The van der Waals surface area contributed by atoms with Gasteiger partial charge in [-0.1, -0.05) is 42.1 Å². The molecule has 1 aromatic heterocycles. The molecule has 2 heterocycles. The number of hydrogen-bond donors (Lipinski definition) is 1. The van der Waals surface area contributed by atoms with E-state index < -0.39 is 24.1 Å². The molecule has 1 N–H and O–H groups in total. The molecule has 1 aromatic carbocycles. The Hall–Kier alpha value is -2.33. The maximum atomic E-state index is 14.5. The van der Waals surface area contributed by atoms with Crippen LogP contribution in [-0.2, 0) is 11.8 Å². The normalized spacial score (nSPS) is 19.3. The van der Waals surface area contributed by atoms with Gasteiger partial charge in [-0.15, -0.1) is 5.10 Å². The fourth-order valence-corrected chi connectivity index (χ4v) is 4.20. The molecule has 0 radical (unpaired) electrons. The van der Waals surface area contributed by atoms with Crippen LogP contribution < -0.4 is 0 Å². The van der Waals surface area contributed by atoms with Gasteiger partial charge in [0, 0.05) is 25.8 Å². The number of alkyl halides is 1. The molecule has 0 aliphatic carbocycles. The van der Waals surface area contributed by atoms with E-state index in [9.17, 15) is 18.7 Å². The second-order valence-corrected chi connectivity index (χ2v) is 8.20. The SMILES string of the molecule is Cn1nnnc1SCCCCN1C(=O)CC[C@@H]1C=C(F)C(O)C(F)c1ccccc1. The van der Waals surface area contributed by atoms with Gasteiger partial charge in [-0.3, -0.25) is 4.79 Å². The number of aromatic nitrogens is 4. The Balaban J connectivity index is 1.51. The average molecular weight is 438 g/mol. The molecule has 2 unspecified atom stereocenters. The van der Waals surface area contributed by atoms with E-state index in [2.05, 4.69) is 15.5 Å². The summed E-state index contributed by atoms with van der Waals surface area (Å²) in [6.45, 7) is 0.485.